The molecule has 136 valence electrons. The smallest absolute Gasteiger partial charge is 0.336 e. The number of nitrogens with zero attached hydrogens (tertiary/aromatic N) is 1. The van der Waals surface area contributed by atoms with Gasteiger partial charge in [-0.1, -0.05) is 36.4 Å². The summed E-state index contributed by atoms with van der Waals surface area (Å²) in [6.45, 7) is 1.78. The van der Waals surface area contributed by atoms with E-state index in [1.54, 1.807) is 54.4 Å². The average molecular weight is 353 g/mol. The number of carbonyl (C=O) groups excluding carboxylic acids is 1. The van der Waals surface area contributed by atoms with Gasteiger partial charge in [0.15, 0.2) is 0 Å². The van der Waals surface area contributed by atoms with E-state index in [1.807, 2.05) is 6.07 Å². The average Bonchev–Trinajstić information content (AvgIpc) is 3.49. The summed E-state index contributed by atoms with van der Waals surface area (Å²) in [5.41, 5.74) is 1.85. The van der Waals surface area contributed by atoms with Crippen LogP contribution in [0.5, 0.6) is 0 Å². The van der Waals surface area contributed by atoms with Crippen molar-refractivity contribution in [3.05, 3.63) is 59.7 Å². The molecule has 1 saturated carbocycles. The maximum absolute atomic E-state index is 12.9. The third kappa shape index (κ3) is 4.29. The lowest BCUT2D eigenvalue weighted by Crippen LogP contribution is -2.30. The molecule has 0 unspecified atom stereocenters. The highest BCUT2D eigenvalue weighted by Gasteiger charge is 2.22. The van der Waals surface area contributed by atoms with E-state index in [0.29, 0.717) is 35.8 Å². The molecule has 0 atom stereocenters. The summed E-state index contributed by atoms with van der Waals surface area (Å²) in [6, 6.07) is 13.9. The molecule has 0 spiro atoms. The van der Waals surface area contributed by atoms with E-state index >= 15 is 0 Å². The van der Waals surface area contributed by atoms with E-state index in [-0.39, 0.29) is 11.5 Å². The van der Waals surface area contributed by atoms with Crippen molar-refractivity contribution < 1.29 is 19.4 Å². The van der Waals surface area contributed by atoms with E-state index in [2.05, 4.69) is 0 Å². The van der Waals surface area contributed by atoms with Gasteiger partial charge in [0.05, 0.1) is 12.2 Å². The summed E-state index contributed by atoms with van der Waals surface area (Å²) >= 11 is 0. The number of ether oxygens (including phenoxy) is 1. The molecule has 0 saturated heterocycles. The van der Waals surface area contributed by atoms with Crippen LogP contribution in [-0.2, 0) is 4.74 Å². The van der Waals surface area contributed by atoms with Crippen LogP contribution >= 0.6 is 0 Å². The van der Waals surface area contributed by atoms with Crippen LogP contribution in [0.2, 0.25) is 0 Å². The first kappa shape index (κ1) is 18.1. The maximum Gasteiger partial charge on any atom is 0.336 e. The number of likely N-dealkylation sites (N-methyl/N-ethyl adjacent to an activating group) is 1. The van der Waals surface area contributed by atoms with Crippen molar-refractivity contribution in [3.63, 3.8) is 0 Å². The highest BCUT2D eigenvalue weighted by molar-refractivity contribution is 6.04. The molecule has 0 aliphatic heterocycles. The van der Waals surface area contributed by atoms with Gasteiger partial charge in [-0.05, 0) is 42.0 Å². The topological polar surface area (TPSA) is 66.8 Å². The predicted octanol–water partition coefficient (Wildman–Crippen LogP) is 3.55. The number of hydrogen-bond donors (Lipinski definition) is 1. The largest absolute Gasteiger partial charge is 0.478 e. The molecule has 2 aromatic carbocycles. The van der Waals surface area contributed by atoms with Gasteiger partial charge >= 0.3 is 5.97 Å². The Balaban J connectivity index is 1.78. The van der Waals surface area contributed by atoms with Gasteiger partial charge in [-0.15, -0.1) is 0 Å². The normalized spacial score (nSPS) is 13.4. The second-order valence-electron chi connectivity index (χ2n) is 6.64. The van der Waals surface area contributed by atoms with E-state index in [1.165, 1.54) is 12.8 Å². The first-order valence-electron chi connectivity index (χ1n) is 8.83. The van der Waals surface area contributed by atoms with Crippen LogP contribution in [0.25, 0.3) is 11.1 Å². The summed E-state index contributed by atoms with van der Waals surface area (Å²) in [5.74, 6) is -0.454. The van der Waals surface area contributed by atoms with Gasteiger partial charge in [0.25, 0.3) is 5.91 Å². The number of carboxylic acids is 1. The minimum atomic E-state index is -1.01. The lowest BCUT2D eigenvalue weighted by atomic mass is 9.95. The molecule has 1 aliphatic rings. The van der Waals surface area contributed by atoms with Gasteiger partial charge < -0.3 is 14.7 Å². The van der Waals surface area contributed by atoms with Gasteiger partial charge in [0.1, 0.15) is 0 Å². The fraction of sp³-hybridized carbons (Fsp3) is 0.333. The first-order chi connectivity index (χ1) is 12.6. The van der Waals surface area contributed by atoms with Crippen molar-refractivity contribution in [2.24, 2.45) is 5.92 Å². The van der Waals surface area contributed by atoms with Crippen LogP contribution in [-0.4, -0.2) is 48.7 Å². The fourth-order valence-corrected chi connectivity index (χ4v) is 2.85. The SMILES string of the molecule is CN(CCOCC1CC1)C(=O)c1ccccc1-c1ccccc1C(=O)O. The highest BCUT2D eigenvalue weighted by Crippen LogP contribution is 2.29. The van der Waals surface area contributed by atoms with Crippen LogP contribution in [0.15, 0.2) is 48.5 Å². The summed E-state index contributed by atoms with van der Waals surface area (Å²) in [6.07, 6.45) is 2.48. The number of benzene rings is 2. The maximum atomic E-state index is 12.9. The molecule has 0 bridgehead atoms. The van der Waals surface area contributed by atoms with Crippen molar-refractivity contribution in [2.75, 3.05) is 26.8 Å². The number of aromatic carboxylic acids is 1. The summed E-state index contributed by atoms with van der Waals surface area (Å²) in [7, 11) is 1.74. The summed E-state index contributed by atoms with van der Waals surface area (Å²) < 4.78 is 5.61. The molecule has 1 aliphatic carbocycles. The molecule has 1 amide bonds. The Labute approximate surface area is 153 Å². The quantitative estimate of drug-likeness (QED) is 0.737. The van der Waals surface area contributed by atoms with Crippen LogP contribution in [0.1, 0.15) is 33.6 Å². The van der Waals surface area contributed by atoms with Crippen LogP contribution in [0.3, 0.4) is 0 Å². The van der Waals surface area contributed by atoms with Gasteiger partial charge in [0.2, 0.25) is 0 Å². The third-order valence-electron chi connectivity index (χ3n) is 4.57. The zero-order valence-corrected chi connectivity index (χ0v) is 14.9. The zero-order chi connectivity index (χ0) is 18.5. The summed E-state index contributed by atoms with van der Waals surface area (Å²) in [4.78, 5) is 26.0. The molecule has 1 N–H and O–H groups in total. The highest BCUT2D eigenvalue weighted by atomic mass is 16.5. The molecule has 0 aromatic heterocycles. The van der Waals surface area contributed by atoms with Crippen LogP contribution in [0.4, 0.5) is 0 Å². The molecule has 26 heavy (non-hydrogen) atoms. The minimum absolute atomic E-state index is 0.143. The third-order valence-corrected chi connectivity index (χ3v) is 4.57. The Bertz CT molecular complexity index is 798. The standard InChI is InChI=1S/C21H23NO4/c1-22(12-13-26-14-15-10-11-15)20(23)18-8-4-2-6-16(18)17-7-3-5-9-19(17)21(24)25/h2-9,15H,10-14H2,1H3,(H,24,25). The van der Waals surface area contributed by atoms with Gasteiger partial charge in [-0.2, -0.15) is 0 Å². The molecule has 5 nitrogen and oxygen atoms in total. The second-order valence-corrected chi connectivity index (χ2v) is 6.64. The Hall–Kier alpha value is -2.66. The van der Waals surface area contributed by atoms with Crippen LogP contribution in [0, 0.1) is 5.92 Å². The number of carboxylic acid groups (broad SMARTS) is 1. The lowest BCUT2D eigenvalue weighted by Gasteiger charge is -2.19. The Morgan fingerprint density at radius 1 is 1.04 bits per heavy atom. The lowest BCUT2D eigenvalue weighted by molar-refractivity contribution is 0.0678. The molecule has 0 radical (unpaired) electrons. The number of amides is 1. The molecular weight excluding hydrogens is 330 g/mol. The van der Waals surface area contributed by atoms with Crippen molar-refractivity contribution in [3.8, 4) is 11.1 Å². The molecule has 1 fully saturated rings. The van der Waals surface area contributed by atoms with Gasteiger partial charge in [-0.25, -0.2) is 4.79 Å². The number of rotatable bonds is 8. The first-order valence-corrected chi connectivity index (χ1v) is 8.83. The van der Waals surface area contributed by atoms with Gasteiger partial charge in [-0.3, -0.25) is 4.79 Å². The van der Waals surface area contributed by atoms with E-state index in [0.717, 1.165) is 6.61 Å². The summed E-state index contributed by atoms with van der Waals surface area (Å²) in [5, 5.41) is 9.45. The molecular formula is C21H23NO4. The fourth-order valence-electron chi connectivity index (χ4n) is 2.85. The molecule has 2 aromatic rings. The monoisotopic (exact) mass is 353 g/mol. The van der Waals surface area contributed by atoms with Crippen molar-refractivity contribution >= 4 is 11.9 Å². The number of carbonyl (C=O) groups is 2. The van der Waals surface area contributed by atoms with E-state index < -0.39 is 5.97 Å². The Morgan fingerprint density at radius 2 is 1.62 bits per heavy atom. The zero-order valence-electron chi connectivity index (χ0n) is 14.9. The van der Waals surface area contributed by atoms with E-state index in [4.69, 9.17) is 4.74 Å². The van der Waals surface area contributed by atoms with E-state index in [9.17, 15) is 14.7 Å². The second kappa shape index (κ2) is 8.15. The Morgan fingerprint density at radius 3 is 2.23 bits per heavy atom. The molecule has 0 heterocycles. The minimum Gasteiger partial charge on any atom is -0.478 e. The van der Waals surface area contributed by atoms with Crippen molar-refractivity contribution in [2.45, 2.75) is 12.8 Å². The van der Waals surface area contributed by atoms with Gasteiger partial charge in [0, 0.05) is 25.8 Å². The van der Waals surface area contributed by atoms with Crippen LogP contribution < -0.4 is 0 Å². The van der Waals surface area contributed by atoms with Crippen molar-refractivity contribution in [1.29, 1.82) is 0 Å². The predicted molar refractivity (Wildman–Crippen MR) is 99.3 cm³/mol. The number of hydrogen-bond acceptors (Lipinski definition) is 3. The Kier molecular flexibility index (Phi) is 5.68. The molecule has 3 rings (SSSR count). The van der Waals surface area contributed by atoms with Crippen molar-refractivity contribution in [1.82, 2.24) is 4.90 Å². The molecule has 5 heteroatoms.